The molecule has 0 radical (unpaired) electrons. The summed E-state index contributed by atoms with van der Waals surface area (Å²) in [6.45, 7) is 0.454. The zero-order valence-electron chi connectivity index (χ0n) is 14.3. The number of hydrogen-bond donors (Lipinski definition) is 2. The van der Waals surface area contributed by atoms with Gasteiger partial charge in [-0.15, -0.1) is 0 Å². The average molecular weight is 425 g/mol. The number of rotatable bonds is 6. The Morgan fingerprint density at radius 3 is 2.33 bits per heavy atom. The molecule has 3 aromatic carbocycles. The Morgan fingerprint density at radius 1 is 1.00 bits per heavy atom. The number of phenols is 1. The number of carbonyl (C=O) groups is 1. The van der Waals surface area contributed by atoms with Crippen LogP contribution in [0.2, 0.25) is 0 Å². The smallest absolute Gasteiger partial charge is 0.271 e. The number of amides is 1. The van der Waals surface area contributed by atoms with E-state index in [2.05, 4.69) is 26.5 Å². The minimum atomic E-state index is -0.315. The fourth-order valence-electron chi connectivity index (χ4n) is 2.24. The lowest BCUT2D eigenvalue weighted by molar-refractivity contribution is 0.0955. The highest BCUT2D eigenvalue weighted by atomic mass is 79.9. The molecular formula is C21H17BrN2O3. The second-order valence-corrected chi connectivity index (χ2v) is 6.65. The van der Waals surface area contributed by atoms with Crippen LogP contribution in [0.3, 0.4) is 0 Å². The van der Waals surface area contributed by atoms with Crippen molar-refractivity contribution in [1.82, 2.24) is 5.43 Å². The van der Waals surface area contributed by atoms with Gasteiger partial charge in [-0.1, -0.05) is 28.1 Å². The summed E-state index contributed by atoms with van der Waals surface area (Å²) < 4.78 is 6.74. The predicted molar refractivity (Wildman–Crippen MR) is 108 cm³/mol. The second-order valence-electron chi connectivity index (χ2n) is 5.73. The number of nitrogens with one attached hydrogen (secondary N) is 1. The highest BCUT2D eigenvalue weighted by Gasteiger charge is 2.04. The number of hydrogen-bond acceptors (Lipinski definition) is 4. The zero-order valence-corrected chi connectivity index (χ0v) is 15.9. The van der Waals surface area contributed by atoms with E-state index < -0.39 is 0 Å². The Hall–Kier alpha value is -3.12. The van der Waals surface area contributed by atoms with Gasteiger partial charge in [-0.2, -0.15) is 5.10 Å². The van der Waals surface area contributed by atoms with Gasteiger partial charge in [0.05, 0.1) is 6.21 Å². The van der Waals surface area contributed by atoms with Crippen LogP contribution in [0.5, 0.6) is 11.5 Å². The topological polar surface area (TPSA) is 70.9 Å². The predicted octanol–water partition coefficient (Wildman–Crippen LogP) is 4.50. The second kappa shape index (κ2) is 9.00. The van der Waals surface area contributed by atoms with Gasteiger partial charge < -0.3 is 9.84 Å². The van der Waals surface area contributed by atoms with Crippen LogP contribution >= 0.6 is 15.9 Å². The summed E-state index contributed by atoms with van der Waals surface area (Å²) in [6.07, 6.45) is 1.51. The molecule has 0 atom stereocenters. The van der Waals surface area contributed by atoms with Crippen molar-refractivity contribution in [2.75, 3.05) is 0 Å². The Morgan fingerprint density at radius 2 is 1.67 bits per heavy atom. The van der Waals surface area contributed by atoms with Crippen LogP contribution in [0, 0.1) is 0 Å². The standard InChI is InChI=1S/C21H17BrN2O3/c22-18-7-1-16(2-8-18)14-27-20-11-5-17(6-12-20)21(26)24-23-13-15-3-9-19(25)10-4-15/h1-13,25H,14H2,(H,24,26)/b23-13-. The van der Waals surface area contributed by atoms with Gasteiger partial charge in [-0.25, -0.2) is 5.43 Å². The van der Waals surface area contributed by atoms with Crippen LogP contribution in [0.25, 0.3) is 0 Å². The number of nitrogens with zero attached hydrogens (tertiary/aromatic N) is 1. The molecule has 6 heteroatoms. The van der Waals surface area contributed by atoms with Crippen molar-refractivity contribution in [1.29, 1.82) is 0 Å². The third-order valence-electron chi connectivity index (χ3n) is 3.71. The average Bonchev–Trinajstić information content (AvgIpc) is 2.69. The quantitative estimate of drug-likeness (QED) is 0.452. The highest BCUT2D eigenvalue weighted by molar-refractivity contribution is 9.10. The molecule has 0 aliphatic heterocycles. The molecule has 0 saturated heterocycles. The Balaban J connectivity index is 1.52. The van der Waals surface area contributed by atoms with Crippen LogP contribution < -0.4 is 10.2 Å². The summed E-state index contributed by atoms with van der Waals surface area (Å²) in [7, 11) is 0. The van der Waals surface area contributed by atoms with Gasteiger partial charge >= 0.3 is 0 Å². The Kier molecular flexibility index (Phi) is 6.22. The number of hydrazone groups is 1. The van der Waals surface area contributed by atoms with Gasteiger partial charge in [0.2, 0.25) is 0 Å². The Labute approximate surface area is 165 Å². The number of benzene rings is 3. The van der Waals surface area contributed by atoms with Crippen molar-refractivity contribution in [3.05, 3.63) is 94.0 Å². The molecule has 3 aromatic rings. The van der Waals surface area contributed by atoms with Crippen molar-refractivity contribution in [3.8, 4) is 11.5 Å². The summed E-state index contributed by atoms with van der Waals surface area (Å²) in [4.78, 5) is 12.1. The largest absolute Gasteiger partial charge is 0.508 e. The monoisotopic (exact) mass is 424 g/mol. The van der Waals surface area contributed by atoms with E-state index >= 15 is 0 Å². The third-order valence-corrected chi connectivity index (χ3v) is 4.24. The van der Waals surface area contributed by atoms with Crippen molar-refractivity contribution >= 4 is 28.1 Å². The maximum absolute atomic E-state index is 12.1. The molecule has 0 spiro atoms. The van der Waals surface area contributed by atoms with Gasteiger partial charge in [0.1, 0.15) is 18.1 Å². The van der Waals surface area contributed by atoms with Crippen molar-refractivity contribution in [2.24, 2.45) is 5.10 Å². The molecule has 0 bridgehead atoms. The molecule has 136 valence electrons. The van der Waals surface area contributed by atoms with E-state index in [1.54, 1.807) is 48.5 Å². The summed E-state index contributed by atoms with van der Waals surface area (Å²) in [5.41, 5.74) is 4.78. The first kappa shape index (κ1) is 18.7. The molecule has 0 fully saturated rings. The first-order chi connectivity index (χ1) is 13.1. The highest BCUT2D eigenvalue weighted by Crippen LogP contribution is 2.16. The summed E-state index contributed by atoms with van der Waals surface area (Å²) in [6, 6.07) is 21.3. The molecule has 0 aliphatic carbocycles. The molecular weight excluding hydrogens is 408 g/mol. The van der Waals surface area contributed by atoms with Crippen molar-refractivity contribution in [2.45, 2.75) is 6.61 Å². The van der Waals surface area contributed by atoms with E-state index in [9.17, 15) is 9.90 Å². The molecule has 3 rings (SSSR count). The summed E-state index contributed by atoms with van der Waals surface area (Å²) in [5.74, 6) is 0.546. The molecule has 0 heterocycles. The molecule has 1 amide bonds. The first-order valence-corrected chi connectivity index (χ1v) is 8.99. The first-order valence-electron chi connectivity index (χ1n) is 8.20. The molecule has 0 aromatic heterocycles. The van der Waals surface area contributed by atoms with Crippen LogP contribution in [0.1, 0.15) is 21.5 Å². The maximum Gasteiger partial charge on any atom is 0.271 e. The minimum Gasteiger partial charge on any atom is -0.508 e. The number of carbonyl (C=O) groups excluding carboxylic acids is 1. The van der Waals surface area contributed by atoms with E-state index in [4.69, 9.17) is 4.74 Å². The summed E-state index contributed by atoms with van der Waals surface area (Å²) >= 11 is 3.40. The van der Waals surface area contributed by atoms with Gasteiger partial charge in [-0.05, 0) is 71.8 Å². The lowest BCUT2D eigenvalue weighted by atomic mass is 10.2. The summed E-state index contributed by atoms with van der Waals surface area (Å²) in [5, 5.41) is 13.1. The van der Waals surface area contributed by atoms with E-state index in [0.717, 1.165) is 15.6 Å². The number of aromatic hydroxyl groups is 1. The van der Waals surface area contributed by atoms with E-state index in [1.165, 1.54) is 6.21 Å². The lowest BCUT2D eigenvalue weighted by Gasteiger charge is -2.07. The van der Waals surface area contributed by atoms with Gasteiger partial charge in [0.15, 0.2) is 0 Å². The van der Waals surface area contributed by atoms with Crippen LogP contribution in [0.4, 0.5) is 0 Å². The fourth-order valence-corrected chi connectivity index (χ4v) is 2.50. The Bertz CT molecular complexity index is 921. The lowest BCUT2D eigenvalue weighted by Crippen LogP contribution is -2.17. The van der Waals surface area contributed by atoms with Crippen molar-refractivity contribution in [3.63, 3.8) is 0 Å². The molecule has 2 N–H and O–H groups in total. The van der Waals surface area contributed by atoms with Gasteiger partial charge in [0.25, 0.3) is 5.91 Å². The number of halogens is 1. The molecule has 5 nitrogen and oxygen atoms in total. The number of phenolic OH excluding ortho intramolecular Hbond substituents is 1. The van der Waals surface area contributed by atoms with E-state index in [1.807, 2.05) is 24.3 Å². The molecule has 0 saturated carbocycles. The SMILES string of the molecule is O=C(N/N=C\c1ccc(O)cc1)c1ccc(OCc2ccc(Br)cc2)cc1. The molecule has 0 aliphatic rings. The van der Waals surface area contributed by atoms with E-state index in [0.29, 0.717) is 17.9 Å². The van der Waals surface area contributed by atoms with Gasteiger partial charge in [0, 0.05) is 10.0 Å². The zero-order chi connectivity index (χ0) is 19.1. The fraction of sp³-hybridized carbons (Fsp3) is 0.0476. The minimum absolute atomic E-state index is 0.179. The van der Waals surface area contributed by atoms with Crippen molar-refractivity contribution < 1.29 is 14.6 Å². The van der Waals surface area contributed by atoms with Gasteiger partial charge in [-0.3, -0.25) is 4.79 Å². The van der Waals surface area contributed by atoms with Crippen LogP contribution in [-0.4, -0.2) is 17.2 Å². The normalized spacial score (nSPS) is 10.7. The molecule has 27 heavy (non-hydrogen) atoms. The van der Waals surface area contributed by atoms with Crippen LogP contribution in [0.15, 0.2) is 82.4 Å². The third kappa shape index (κ3) is 5.69. The maximum atomic E-state index is 12.1. The molecule has 0 unspecified atom stereocenters. The van der Waals surface area contributed by atoms with E-state index in [-0.39, 0.29) is 11.7 Å². The van der Waals surface area contributed by atoms with Crippen LogP contribution in [-0.2, 0) is 6.61 Å². The number of ether oxygens (including phenoxy) is 1.